The third kappa shape index (κ3) is 3.89. The number of rotatable bonds is 6. The number of hydrogen-bond acceptors (Lipinski definition) is 4. The Bertz CT molecular complexity index is 549. The number of thiazole rings is 1. The van der Waals surface area contributed by atoms with E-state index in [0.29, 0.717) is 18.2 Å². The van der Waals surface area contributed by atoms with Gasteiger partial charge in [0.1, 0.15) is 11.4 Å². The minimum atomic E-state index is 0.498. The summed E-state index contributed by atoms with van der Waals surface area (Å²) in [5.41, 5.74) is 1.77. The first-order valence-electron chi connectivity index (χ1n) is 6.31. The molecule has 100 valence electrons. The lowest BCUT2D eigenvalue weighted by atomic mass is 10.0. The molecular formula is C15H17NO2S. The topological polar surface area (TPSA) is 39.2 Å². The molecule has 1 aromatic heterocycles. The zero-order valence-corrected chi connectivity index (χ0v) is 11.9. The van der Waals surface area contributed by atoms with Crippen molar-refractivity contribution < 1.29 is 9.53 Å². The Morgan fingerprint density at radius 1 is 1.42 bits per heavy atom. The van der Waals surface area contributed by atoms with E-state index >= 15 is 0 Å². The lowest BCUT2D eigenvalue weighted by Crippen LogP contribution is -2.01. The highest BCUT2D eigenvalue weighted by atomic mass is 32.1. The Morgan fingerprint density at radius 3 is 2.95 bits per heavy atom. The second-order valence-electron chi connectivity index (χ2n) is 4.61. The maximum absolute atomic E-state index is 10.5. The normalized spacial score (nSPS) is 10.7. The zero-order valence-electron chi connectivity index (χ0n) is 11.1. The van der Waals surface area contributed by atoms with Crippen LogP contribution in [0.1, 0.15) is 40.8 Å². The van der Waals surface area contributed by atoms with Gasteiger partial charge >= 0.3 is 0 Å². The van der Waals surface area contributed by atoms with Crippen molar-refractivity contribution in [3.05, 3.63) is 45.9 Å². The highest BCUT2D eigenvalue weighted by molar-refractivity contribution is 7.09. The molecule has 0 amide bonds. The second-order valence-corrected chi connectivity index (χ2v) is 5.55. The van der Waals surface area contributed by atoms with Crippen LogP contribution in [0.5, 0.6) is 5.75 Å². The number of carbonyl (C=O) groups excluding carboxylic acids is 1. The molecule has 0 radical (unpaired) electrons. The van der Waals surface area contributed by atoms with Crippen LogP contribution < -0.4 is 4.74 Å². The van der Waals surface area contributed by atoms with Gasteiger partial charge in [0, 0.05) is 11.8 Å². The standard InChI is InChI=1S/C15H17NO2S/c1-11(2)12-4-3-5-14(8-12)18-7-6-15-16-13(9-17)10-19-15/h3-5,8-11H,6-7H2,1-2H3. The lowest BCUT2D eigenvalue weighted by Gasteiger charge is -2.09. The molecule has 0 aliphatic carbocycles. The van der Waals surface area contributed by atoms with Crippen molar-refractivity contribution in [1.82, 2.24) is 4.98 Å². The molecule has 0 atom stereocenters. The summed E-state index contributed by atoms with van der Waals surface area (Å²) in [4.78, 5) is 14.7. The summed E-state index contributed by atoms with van der Waals surface area (Å²) in [6.07, 6.45) is 1.50. The Labute approximate surface area is 117 Å². The van der Waals surface area contributed by atoms with E-state index in [1.807, 2.05) is 12.1 Å². The summed E-state index contributed by atoms with van der Waals surface area (Å²) in [7, 11) is 0. The van der Waals surface area contributed by atoms with Gasteiger partial charge in [-0.25, -0.2) is 4.98 Å². The number of carbonyl (C=O) groups is 1. The van der Waals surface area contributed by atoms with Gasteiger partial charge in [0.2, 0.25) is 0 Å². The summed E-state index contributed by atoms with van der Waals surface area (Å²) in [5.74, 6) is 1.39. The van der Waals surface area contributed by atoms with Gasteiger partial charge in [-0.15, -0.1) is 11.3 Å². The van der Waals surface area contributed by atoms with Gasteiger partial charge in [-0.05, 0) is 23.6 Å². The number of aromatic nitrogens is 1. The molecule has 4 heteroatoms. The maximum Gasteiger partial charge on any atom is 0.169 e. The van der Waals surface area contributed by atoms with E-state index in [1.165, 1.54) is 16.9 Å². The molecule has 0 saturated heterocycles. The van der Waals surface area contributed by atoms with Crippen molar-refractivity contribution in [1.29, 1.82) is 0 Å². The fourth-order valence-corrected chi connectivity index (χ4v) is 2.44. The first-order chi connectivity index (χ1) is 9.19. The van der Waals surface area contributed by atoms with Gasteiger partial charge in [0.15, 0.2) is 6.29 Å². The van der Waals surface area contributed by atoms with E-state index in [4.69, 9.17) is 4.74 Å². The van der Waals surface area contributed by atoms with Crippen molar-refractivity contribution in [2.75, 3.05) is 6.61 Å². The smallest absolute Gasteiger partial charge is 0.169 e. The van der Waals surface area contributed by atoms with Crippen molar-refractivity contribution in [3.63, 3.8) is 0 Å². The monoisotopic (exact) mass is 275 g/mol. The molecule has 0 N–H and O–H groups in total. The van der Waals surface area contributed by atoms with Crippen LogP contribution in [-0.2, 0) is 6.42 Å². The highest BCUT2D eigenvalue weighted by Crippen LogP contribution is 2.20. The molecule has 0 bridgehead atoms. The van der Waals surface area contributed by atoms with E-state index in [2.05, 4.69) is 31.0 Å². The average molecular weight is 275 g/mol. The molecule has 0 saturated carbocycles. The summed E-state index contributed by atoms with van der Waals surface area (Å²) < 4.78 is 5.72. The molecule has 19 heavy (non-hydrogen) atoms. The fraction of sp³-hybridized carbons (Fsp3) is 0.333. The van der Waals surface area contributed by atoms with Crippen LogP contribution >= 0.6 is 11.3 Å². The highest BCUT2D eigenvalue weighted by Gasteiger charge is 2.03. The summed E-state index contributed by atoms with van der Waals surface area (Å²) in [5, 5.41) is 2.70. The van der Waals surface area contributed by atoms with Crippen LogP contribution in [0.15, 0.2) is 29.6 Å². The third-order valence-corrected chi connectivity index (χ3v) is 3.73. The average Bonchev–Trinajstić information content (AvgIpc) is 2.87. The fourth-order valence-electron chi connectivity index (χ4n) is 1.71. The lowest BCUT2D eigenvalue weighted by molar-refractivity contribution is 0.111. The van der Waals surface area contributed by atoms with E-state index in [-0.39, 0.29) is 0 Å². The molecule has 1 aromatic carbocycles. The summed E-state index contributed by atoms with van der Waals surface area (Å²) in [6, 6.07) is 8.15. The minimum absolute atomic E-state index is 0.498. The minimum Gasteiger partial charge on any atom is -0.493 e. The SMILES string of the molecule is CC(C)c1cccc(OCCc2nc(C=O)cs2)c1. The molecule has 0 aliphatic heterocycles. The number of ether oxygens (including phenoxy) is 1. The molecule has 3 nitrogen and oxygen atoms in total. The summed E-state index contributed by atoms with van der Waals surface area (Å²) >= 11 is 1.49. The third-order valence-electron chi connectivity index (χ3n) is 2.80. The first-order valence-corrected chi connectivity index (χ1v) is 7.19. The van der Waals surface area contributed by atoms with E-state index in [1.54, 1.807) is 5.38 Å². The summed E-state index contributed by atoms with van der Waals surface area (Å²) in [6.45, 7) is 4.90. The van der Waals surface area contributed by atoms with Crippen LogP contribution in [0.3, 0.4) is 0 Å². The molecule has 2 rings (SSSR count). The molecule has 0 fully saturated rings. The molecular weight excluding hydrogens is 258 g/mol. The number of aldehydes is 1. The van der Waals surface area contributed by atoms with Crippen molar-refractivity contribution in [3.8, 4) is 5.75 Å². The maximum atomic E-state index is 10.5. The second kappa shape index (κ2) is 6.48. The molecule has 1 heterocycles. The van der Waals surface area contributed by atoms with Gasteiger partial charge in [0.25, 0.3) is 0 Å². The first kappa shape index (κ1) is 13.7. The predicted octanol–water partition coefficient (Wildman–Crippen LogP) is 3.70. The van der Waals surface area contributed by atoms with Crippen LogP contribution in [-0.4, -0.2) is 17.9 Å². The quantitative estimate of drug-likeness (QED) is 0.755. The van der Waals surface area contributed by atoms with Crippen molar-refractivity contribution in [2.24, 2.45) is 0 Å². The van der Waals surface area contributed by atoms with Gasteiger partial charge < -0.3 is 4.74 Å². The van der Waals surface area contributed by atoms with Crippen molar-refractivity contribution >= 4 is 17.6 Å². The molecule has 0 spiro atoms. The van der Waals surface area contributed by atoms with Crippen LogP contribution in [0.4, 0.5) is 0 Å². The van der Waals surface area contributed by atoms with Crippen LogP contribution in [0.2, 0.25) is 0 Å². The van der Waals surface area contributed by atoms with Gasteiger partial charge in [0.05, 0.1) is 11.6 Å². The van der Waals surface area contributed by atoms with Crippen LogP contribution in [0, 0.1) is 0 Å². The van der Waals surface area contributed by atoms with Crippen molar-refractivity contribution in [2.45, 2.75) is 26.2 Å². The largest absolute Gasteiger partial charge is 0.493 e. The molecule has 0 aliphatic rings. The molecule has 2 aromatic rings. The van der Waals surface area contributed by atoms with Gasteiger partial charge in [-0.3, -0.25) is 4.79 Å². The Hall–Kier alpha value is -1.68. The van der Waals surface area contributed by atoms with E-state index < -0.39 is 0 Å². The Balaban J connectivity index is 1.88. The number of nitrogens with zero attached hydrogens (tertiary/aromatic N) is 1. The Kier molecular flexibility index (Phi) is 4.68. The predicted molar refractivity (Wildman–Crippen MR) is 77.2 cm³/mol. The van der Waals surface area contributed by atoms with E-state index in [0.717, 1.165) is 23.5 Å². The zero-order chi connectivity index (χ0) is 13.7. The number of hydrogen-bond donors (Lipinski definition) is 0. The van der Waals surface area contributed by atoms with Crippen LogP contribution in [0.25, 0.3) is 0 Å². The van der Waals surface area contributed by atoms with Gasteiger partial charge in [-0.1, -0.05) is 26.0 Å². The number of benzene rings is 1. The van der Waals surface area contributed by atoms with E-state index in [9.17, 15) is 4.79 Å². The molecule has 0 unspecified atom stereocenters. The van der Waals surface area contributed by atoms with Gasteiger partial charge in [-0.2, -0.15) is 0 Å². The Morgan fingerprint density at radius 2 is 2.26 bits per heavy atom.